The van der Waals surface area contributed by atoms with Crippen molar-refractivity contribution in [3.05, 3.63) is 52.6 Å². The van der Waals surface area contributed by atoms with Crippen LogP contribution in [0.25, 0.3) is 0 Å². The van der Waals surface area contributed by atoms with Gasteiger partial charge in [-0.15, -0.1) is 0 Å². The van der Waals surface area contributed by atoms with Gasteiger partial charge in [-0.05, 0) is 50.1 Å². The Labute approximate surface area is 124 Å². The molecule has 0 aliphatic carbocycles. The topological polar surface area (TPSA) is 64.3 Å². The molecule has 0 bridgehead atoms. The average molecular weight is 284 g/mol. The molecule has 0 aliphatic heterocycles. The molecule has 1 amide bonds. The van der Waals surface area contributed by atoms with Crippen molar-refractivity contribution < 1.29 is 9.53 Å². The van der Waals surface area contributed by atoms with E-state index >= 15 is 0 Å². The zero-order valence-electron chi connectivity index (χ0n) is 12.8. The Balaban J connectivity index is 2.30. The van der Waals surface area contributed by atoms with Crippen molar-refractivity contribution in [2.45, 2.75) is 20.8 Å². The Kier molecular flexibility index (Phi) is 4.17. The molecule has 0 atom stereocenters. The Morgan fingerprint density at radius 1 is 1.10 bits per heavy atom. The lowest BCUT2D eigenvalue weighted by Crippen LogP contribution is -2.14. The summed E-state index contributed by atoms with van der Waals surface area (Å²) >= 11 is 0. The minimum Gasteiger partial charge on any atom is -0.495 e. The largest absolute Gasteiger partial charge is 0.495 e. The first-order chi connectivity index (χ1) is 9.92. The molecule has 4 nitrogen and oxygen atoms in total. The molecule has 0 radical (unpaired) electrons. The number of amides is 1. The van der Waals surface area contributed by atoms with E-state index in [4.69, 9.17) is 10.5 Å². The van der Waals surface area contributed by atoms with Crippen molar-refractivity contribution in [1.29, 1.82) is 0 Å². The molecule has 21 heavy (non-hydrogen) atoms. The van der Waals surface area contributed by atoms with E-state index in [1.54, 1.807) is 18.2 Å². The second-order valence-corrected chi connectivity index (χ2v) is 5.18. The quantitative estimate of drug-likeness (QED) is 0.848. The van der Waals surface area contributed by atoms with E-state index in [-0.39, 0.29) is 5.91 Å². The lowest BCUT2D eigenvalue weighted by atomic mass is 10.0. The maximum Gasteiger partial charge on any atom is 0.255 e. The van der Waals surface area contributed by atoms with E-state index in [0.29, 0.717) is 17.0 Å². The van der Waals surface area contributed by atoms with Crippen LogP contribution in [0.4, 0.5) is 11.4 Å². The van der Waals surface area contributed by atoms with Crippen LogP contribution in [0, 0.1) is 20.8 Å². The number of hydrogen-bond donors (Lipinski definition) is 2. The number of aryl methyl sites for hydroxylation is 3. The highest BCUT2D eigenvalue weighted by Crippen LogP contribution is 2.25. The summed E-state index contributed by atoms with van der Waals surface area (Å²) in [4.78, 5) is 12.4. The highest BCUT2D eigenvalue weighted by atomic mass is 16.5. The molecular weight excluding hydrogens is 264 g/mol. The molecule has 0 saturated carbocycles. The number of nitrogens with two attached hydrogens (primary N) is 1. The Morgan fingerprint density at radius 3 is 2.29 bits per heavy atom. The summed E-state index contributed by atoms with van der Waals surface area (Å²) in [7, 11) is 1.53. The van der Waals surface area contributed by atoms with E-state index in [9.17, 15) is 4.79 Å². The normalized spacial score (nSPS) is 10.3. The van der Waals surface area contributed by atoms with Crippen LogP contribution in [-0.4, -0.2) is 13.0 Å². The van der Waals surface area contributed by atoms with Gasteiger partial charge in [0.15, 0.2) is 0 Å². The van der Waals surface area contributed by atoms with E-state index in [0.717, 1.165) is 16.8 Å². The third kappa shape index (κ3) is 3.16. The van der Waals surface area contributed by atoms with Gasteiger partial charge in [0, 0.05) is 11.3 Å². The number of ether oxygens (including phenoxy) is 1. The van der Waals surface area contributed by atoms with Gasteiger partial charge in [0.2, 0.25) is 0 Å². The predicted molar refractivity (Wildman–Crippen MR) is 86.0 cm³/mol. The van der Waals surface area contributed by atoms with Crippen molar-refractivity contribution in [2.75, 3.05) is 18.2 Å². The van der Waals surface area contributed by atoms with Crippen LogP contribution in [0.2, 0.25) is 0 Å². The number of rotatable bonds is 3. The molecule has 0 spiro atoms. The van der Waals surface area contributed by atoms with Gasteiger partial charge >= 0.3 is 0 Å². The van der Waals surface area contributed by atoms with Crippen LogP contribution >= 0.6 is 0 Å². The Bertz CT molecular complexity index is 670. The number of carbonyl (C=O) groups excluding carboxylic acids is 1. The molecule has 0 fully saturated rings. The zero-order valence-corrected chi connectivity index (χ0v) is 12.8. The third-order valence-electron chi connectivity index (χ3n) is 3.41. The van der Waals surface area contributed by atoms with E-state index < -0.39 is 0 Å². The van der Waals surface area contributed by atoms with Gasteiger partial charge < -0.3 is 15.8 Å². The molecule has 2 aromatic carbocycles. The third-order valence-corrected chi connectivity index (χ3v) is 3.41. The van der Waals surface area contributed by atoms with Crippen LogP contribution in [-0.2, 0) is 0 Å². The molecule has 2 aromatic rings. The predicted octanol–water partition coefficient (Wildman–Crippen LogP) is 3.45. The van der Waals surface area contributed by atoms with Crippen molar-refractivity contribution in [3.63, 3.8) is 0 Å². The molecule has 0 aliphatic rings. The van der Waals surface area contributed by atoms with Crippen LogP contribution in [0.5, 0.6) is 5.75 Å². The van der Waals surface area contributed by atoms with Crippen molar-refractivity contribution in [2.24, 2.45) is 0 Å². The fourth-order valence-electron chi connectivity index (χ4n) is 2.42. The summed E-state index contributed by atoms with van der Waals surface area (Å²) in [6, 6.07) is 9.09. The molecule has 0 heterocycles. The first-order valence-electron chi connectivity index (χ1n) is 6.75. The number of nitrogen functional groups attached to an aromatic ring is 1. The van der Waals surface area contributed by atoms with Gasteiger partial charge in [0.25, 0.3) is 5.91 Å². The molecule has 0 unspecified atom stereocenters. The summed E-state index contributed by atoms with van der Waals surface area (Å²) in [5.74, 6) is 0.323. The molecule has 0 saturated heterocycles. The van der Waals surface area contributed by atoms with Gasteiger partial charge in [-0.25, -0.2) is 0 Å². The summed E-state index contributed by atoms with van der Waals surface area (Å²) < 4.78 is 5.14. The number of anilines is 2. The first-order valence-corrected chi connectivity index (χ1v) is 6.75. The number of carbonyl (C=O) groups is 1. The van der Waals surface area contributed by atoms with E-state index in [1.807, 2.05) is 32.9 Å². The fraction of sp³-hybridized carbons (Fsp3) is 0.235. The summed E-state index contributed by atoms with van der Waals surface area (Å²) in [6.45, 7) is 6.01. The maximum absolute atomic E-state index is 12.4. The SMILES string of the molecule is COc1cc(C(=O)Nc2c(C)cc(C)cc2C)ccc1N. The van der Waals surface area contributed by atoms with Gasteiger partial charge in [-0.2, -0.15) is 0 Å². The maximum atomic E-state index is 12.4. The van der Waals surface area contributed by atoms with Crippen LogP contribution in [0.1, 0.15) is 27.0 Å². The van der Waals surface area contributed by atoms with Gasteiger partial charge in [0.05, 0.1) is 12.8 Å². The summed E-state index contributed by atoms with van der Waals surface area (Å²) in [5.41, 5.74) is 10.9. The standard InChI is InChI=1S/C17H20N2O2/c1-10-7-11(2)16(12(3)8-10)19-17(20)13-5-6-14(18)15(9-13)21-4/h5-9H,18H2,1-4H3,(H,19,20). The highest BCUT2D eigenvalue weighted by molar-refractivity contribution is 6.05. The van der Waals surface area contributed by atoms with E-state index in [1.165, 1.54) is 12.7 Å². The van der Waals surface area contributed by atoms with Gasteiger partial charge in [-0.1, -0.05) is 17.7 Å². The Hall–Kier alpha value is -2.49. The minimum atomic E-state index is -0.177. The Morgan fingerprint density at radius 2 is 1.71 bits per heavy atom. The number of nitrogens with one attached hydrogen (secondary N) is 1. The lowest BCUT2D eigenvalue weighted by molar-refractivity contribution is 0.102. The lowest BCUT2D eigenvalue weighted by Gasteiger charge is -2.13. The van der Waals surface area contributed by atoms with Crippen molar-refractivity contribution in [3.8, 4) is 5.75 Å². The second kappa shape index (κ2) is 5.87. The van der Waals surface area contributed by atoms with Crippen LogP contribution < -0.4 is 15.8 Å². The first kappa shape index (κ1) is 14.9. The molecule has 110 valence electrons. The minimum absolute atomic E-state index is 0.177. The zero-order chi connectivity index (χ0) is 15.6. The average Bonchev–Trinajstić information content (AvgIpc) is 2.43. The molecular formula is C17H20N2O2. The monoisotopic (exact) mass is 284 g/mol. The van der Waals surface area contributed by atoms with Gasteiger partial charge in [0.1, 0.15) is 5.75 Å². The van der Waals surface area contributed by atoms with Gasteiger partial charge in [-0.3, -0.25) is 4.79 Å². The van der Waals surface area contributed by atoms with E-state index in [2.05, 4.69) is 5.32 Å². The number of benzene rings is 2. The number of methoxy groups -OCH3 is 1. The molecule has 3 N–H and O–H groups in total. The highest BCUT2D eigenvalue weighted by Gasteiger charge is 2.12. The van der Waals surface area contributed by atoms with Crippen LogP contribution in [0.15, 0.2) is 30.3 Å². The summed E-state index contributed by atoms with van der Waals surface area (Å²) in [6.07, 6.45) is 0. The van der Waals surface area contributed by atoms with Crippen molar-refractivity contribution >= 4 is 17.3 Å². The fourth-order valence-corrected chi connectivity index (χ4v) is 2.42. The summed E-state index contributed by atoms with van der Waals surface area (Å²) in [5, 5.41) is 2.96. The smallest absolute Gasteiger partial charge is 0.255 e. The molecule has 0 aromatic heterocycles. The number of hydrogen-bond acceptors (Lipinski definition) is 3. The second-order valence-electron chi connectivity index (χ2n) is 5.18. The molecule has 4 heteroatoms. The van der Waals surface area contributed by atoms with Crippen molar-refractivity contribution in [1.82, 2.24) is 0 Å². The van der Waals surface area contributed by atoms with Crippen LogP contribution in [0.3, 0.4) is 0 Å². The molecule has 2 rings (SSSR count).